The van der Waals surface area contributed by atoms with Crippen LogP contribution in [0.3, 0.4) is 0 Å². The van der Waals surface area contributed by atoms with Crippen LogP contribution in [0.5, 0.6) is 0 Å². The summed E-state index contributed by atoms with van der Waals surface area (Å²) in [6.07, 6.45) is 4.06. The Morgan fingerprint density at radius 3 is 2.57 bits per heavy atom. The lowest BCUT2D eigenvalue weighted by Gasteiger charge is -2.39. The summed E-state index contributed by atoms with van der Waals surface area (Å²) in [6.45, 7) is 5.87. The molecule has 4 amide bonds. The largest absolute Gasteiger partial charge is 0.341 e. The molecule has 3 fully saturated rings. The van der Waals surface area contributed by atoms with E-state index in [1.807, 2.05) is 35.2 Å². The predicted octanol–water partition coefficient (Wildman–Crippen LogP) is 2.02. The number of benzene rings is 1. The van der Waals surface area contributed by atoms with Crippen LogP contribution in [0.15, 0.2) is 30.3 Å². The minimum Gasteiger partial charge on any atom is -0.341 e. The smallest absolute Gasteiger partial charge is 0.325 e. The van der Waals surface area contributed by atoms with E-state index in [1.54, 1.807) is 0 Å². The monoisotopic (exact) mass is 412 g/mol. The van der Waals surface area contributed by atoms with Gasteiger partial charge in [-0.05, 0) is 44.2 Å². The van der Waals surface area contributed by atoms with Gasteiger partial charge in [0, 0.05) is 32.6 Å². The Morgan fingerprint density at radius 1 is 1.13 bits per heavy atom. The molecule has 3 saturated heterocycles. The Bertz CT molecular complexity index is 789. The lowest BCUT2D eigenvalue weighted by Crippen LogP contribution is -2.56. The summed E-state index contributed by atoms with van der Waals surface area (Å²) < 4.78 is 0. The normalized spacial score (nSPS) is 24.4. The van der Waals surface area contributed by atoms with Crippen molar-refractivity contribution >= 4 is 17.8 Å². The van der Waals surface area contributed by atoms with Crippen LogP contribution >= 0.6 is 0 Å². The summed E-state index contributed by atoms with van der Waals surface area (Å²) in [5.74, 6) is 0.00779. The van der Waals surface area contributed by atoms with Crippen molar-refractivity contribution in [3.63, 3.8) is 0 Å². The predicted molar refractivity (Wildman–Crippen MR) is 114 cm³/mol. The molecule has 0 saturated carbocycles. The highest BCUT2D eigenvalue weighted by atomic mass is 16.2. The Kier molecular flexibility index (Phi) is 6.09. The number of aryl methyl sites for hydroxylation is 1. The van der Waals surface area contributed by atoms with Crippen molar-refractivity contribution in [2.24, 2.45) is 0 Å². The number of carbonyl (C=O) groups is 3. The second-order valence-electron chi connectivity index (χ2n) is 8.74. The zero-order valence-electron chi connectivity index (χ0n) is 17.8. The molecule has 1 spiro atoms. The fourth-order valence-electron chi connectivity index (χ4n) is 5.01. The van der Waals surface area contributed by atoms with E-state index < -0.39 is 5.54 Å². The molecule has 1 aromatic carbocycles. The number of nitrogens with zero attached hydrogens (tertiary/aromatic N) is 3. The van der Waals surface area contributed by atoms with Gasteiger partial charge in [-0.3, -0.25) is 14.5 Å². The van der Waals surface area contributed by atoms with Crippen LogP contribution in [0, 0.1) is 0 Å². The molecule has 4 rings (SSSR count). The number of rotatable bonds is 5. The first-order valence-electron chi connectivity index (χ1n) is 11.2. The number of carbonyl (C=O) groups excluding carboxylic acids is 3. The third-order valence-corrected chi connectivity index (χ3v) is 6.93. The summed E-state index contributed by atoms with van der Waals surface area (Å²) in [5.41, 5.74) is 0.399. The maximum absolute atomic E-state index is 13.3. The highest BCUT2D eigenvalue weighted by molar-refractivity contribution is 6.07. The van der Waals surface area contributed by atoms with Gasteiger partial charge in [0.25, 0.3) is 5.91 Å². The fourth-order valence-corrected chi connectivity index (χ4v) is 5.01. The van der Waals surface area contributed by atoms with Gasteiger partial charge in [0.2, 0.25) is 5.91 Å². The van der Waals surface area contributed by atoms with Crippen molar-refractivity contribution in [1.29, 1.82) is 0 Å². The highest BCUT2D eigenvalue weighted by Gasteiger charge is 2.54. The zero-order valence-corrected chi connectivity index (χ0v) is 17.8. The molecule has 0 bridgehead atoms. The van der Waals surface area contributed by atoms with Crippen LogP contribution in [0.25, 0.3) is 0 Å². The van der Waals surface area contributed by atoms with E-state index in [1.165, 1.54) is 4.90 Å². The van der Waals surface area contributed by atoms with Crippen LogP contribution in [-0.2, 0) is 16.0 Å². The van der Waals surface area contributed by atoms with Gasteiger partial charge in [0.05, 0.1) is 6.04 Å². The van der Waals surface area contributed by atoms with Gasteiger partial charge in [-0.25, -0.2) is 4.79 Å². The maximum Gasteiger partial charge on any atom is 0.325 e. The lowest BCUT2D eigenvalue weighted by atomic mass is 9.87. The van der Waals surface area contributed by atoms with Gasteiger partial charge < -0.3 is 15.1 Å². The van der Waals surface area contributed by atoms with Crippen molar-refractivity contribution in [2.75, 3.05) is 32.7 Å². The molecule has 0 unspecified atom stereocenters. The van der Waals surface area contributed by atoms with E-state index in [-0.39, 0.29) is 23.9 Å². The standard InChI is InChI=1S/C23H32N4O3/c1-2-25-15-12-23(13-16-25)21(29)27(22(30)24-23)19-9-6-14-26(17-19)20(28)11-10-18-7-4-3-5-8-18/h3-5,7-8,19H,2,6,9-17H2,1H3,(H,24,30)/t19-/m1/s1. The highest BCUT2D eigenvalue weighted by Crippen LogP contribution is 2.32. The molecule has 1 N–H and O–H groups in total. The molecule has 0 aromatic heterocycles. The zero-order chi connectivity index (χ0) is 21.1. The van der Waals surface area contributed by atoms with Crippen LogP contribution in [0.1, 0.15) is 44.6 Å². The Hall–Kier alpha value is -2.41. The number of urea groups is 1. The van der Waals surface area contributed by atoms with Crippen LogP contribution in [0.4, 0.5) is 4.79 Å². The minimum atomic E-state index is -0.748. The summed E-state index contributed by atoms with van der Waals surface area (Å²) in [6, 6.07) is 9.48. The molecule has 3 heterocycles. The number of piperidine rings is 2. The van der Waals surface area contributed by atoms with Crippen molar-refractivity contribution in [3.05, 3.63) is 35.9 Å². The van der Waals surface area contributed by atoms with E-state index in [9.17, 15) is 14.4 Å². The lowest BCUT2D eigenvalue weighted by molar-refractivity contribution is -0.139. The quantitative estimate of drug-likeness (QED) is 0.751. The second-order valence-corrected chi connectivity index (χ2v) is 8.74. The first kappa shape index (κ1) is 20.8. The number of likely N-dealkylation sites (tertiary alicyclic amines) is 2. The molecule has 1 atom stereocenters. The number of imide groups is 1. The van der Waals surface area contributed by atoms with Gasteiger partial charge >= 0.3 is 6.03 Å². The van der Waals surface area contributed by atoms with Crippen molar-refractivity contribution in [3.8, 4) is 0 Å². The van der Waals surface area contributed by atoms with E-state index >= 15 is 0 Å². The molecule has 7 nitrogen and oxygen atoms in total. The SMILES string of the molecule is CCN1CCC2(CC1)NC(=O)N([C@@H]1CCCN(C(=O)CCc3ccccc3)C1)C2=O. The maximum atomic E-state index is 13.3. The van der Waals surface area contributed by atoms with E-state index in [2.05, 4.69) is 17.1 Å². The molecular weight excluding hydrogens is 380 g/mol. The Balaban J connectivity index is 1.37. The minimum absolute atomic E-state index is 0.0909. The molecule has 162 valence electrons. The number of hydrogen-bond donors (Lipinski definition) is 1. The molecule has 0 radical (unpaired) electrons. The van der Waals surface area contributed by atoms with Gasteiger partial charge in [-0.1, -0.05) is 37.3 Å². The Labute approximate surface area is 178 Å². The first-order valence-corrected chi connectivity index (χ1v) is 11.2. The molecule has 3 aliphatic heterocycles. The summed E-state index contributed by atoms with van der Waals surface area (Å²) in [4.78, 5) is 44.4. The van der Waals surface area contributed by atoms with Gasteiger partial charge in [-0.15, -0.1) is 0 Å². The summed E-state index contributed by atoms with van der Waals surface area (Å²) in [5, 5.41) is 3.01. The molecule has 0 aliphatic carbocycles. The van der Waals surface area contributed by atoms with Crippen LogP contribution in [-0.4, -0.2) is 76.8 Å². The number of nitrogens with one attached hydrogen (secondary N) is 1. The van der Waals surface area contributed by atoms with Crippen LogP contribution in [0.2, 0.25) is 0 Å². The van der Waals surface area contributed by atoms with Gasteiger partial charge in [0.1, 0.15) is 5.54 Å². The number of hydrogen-bond acceptors (Lipinski definition) is 4. The summed E-state index contributed by atoms with van der Waals surface area (Å²) in [7, 11) is 0. The van der Waals surface area contributed by atoms with Crippen molar-refractivity contribution < 1.29 is 14.4 Å². The van der Waals surface area contributed by atoms with E-state index in [0.717, 1.165) is 38.0 Å². The fraction of sp³-hybridized carbons (Fsp3) is 0.609. The van der Waals surface area contributed by atoms with Crippen molar-refractivity contribution in [1.82, 2.24) is 20.0 Å². The van der Waals surface area contributed by atoms with E-state index in [4.69, 9.17) is 0 Å². The summed E-state index contributed by atoms with van der Waals surface area (Å²) >= 11 is 0. The second kappa shape index (κ2) is 8.76. The van der Waals surface area contributed by atoms with Gasteiger partial charge in [0.15, 0.2) is 0 Å². The Morgan fingerprint density at radius 2 is 1.87 bits per heavy atom. The molecule has 1 aromatic rings. The third-order valence-electron chi connectivity index (χ3n) is 6.93. The number of amides is 4. The van der Waals surface area contributed by atoms with Crippen molar-refractivity contribution in [2.45, 2.75) is 57.0 Å². The van der Waals surface area contributed by atoms with Gasteiger partial charge in [-0.2, -0.15) is 0 Å². The average molecular weight is 413 g/mol. The van der Waals surface area contributed by atoms with E-state index in [0.29, 0.717) is 38.8 Å². The molecule has 7 heteroatoms. The molecule has 30 heavy (non-hydrogen) atoms. The molecular formula is C23H32N4O3. The first-order chi connectivity index (χ1) is 14.5. The average Bonchev–Trinajstić information content (AvgIpc) is 3.02. The topological polar surface area (TPSA) is 73.0 Å². The molecule has 3 aliphatic rings. The third kappa shape index (κ3) is 4.08. The van der Waals surface area contributed by atoms with Crippen LogP contribution < -0.4 is 5.32 Å².